The Bertz CT molecular complexity index is 594. The van der Waals surface area contributed by atoms with Crippen LogP contribution in [0.1, 0.15) is 233 Å². The van der Waals surface area contributed by atoms with E-state index in [1.165, 1.54) is 148 Å². The van der Waals surface area contributed by atoms with Gasteiger partial charge in [0.05, 0.1) is 0 Å². The molecule has 0 saturated heterocycles. The molecule has 0 bridgehead atoms. The summed E-state index contributed by atoms with van der Waals surface area (Å²) >= 11 is 0. The fraction of sp³-hybridized carbons (Fsp3) is 0.950. The molecule has 1 unspecified atom stereocenters. The van der Waals surface area contributed by atoms with Crippen LogP contribution in [0.5, 0.6) is 0 Å². The van der Waals surface area contributed by atoms with Crippen LogP contribution in [0.4, 0.5) is 0 Å². The zero-order valence-electron chi connectivity index (χ0n) is 30.4. The molecule has 0 heterocycles. The zero-order valence-corrected chi connectivity index (χ0v) is 30.4. The largest absolute Gasteiger partial charge is 0.425 e. The molecule has 0 amide bonds. The average Bonchev–Trinajstić information content (AvgIpc) is 3.01. The predicted octanol–water partition coefficient (Wildman–Crippen LogP) is 13.6. The van der Waals surface area contributed by atoms with Gasteiger partial charge in [0.25, 0.3) is 0 Å². The second-order valence-corrected chi connectivity index (χ2v) is 13.7. The van der Waals surface area contributed by atoms with E-state index in [0.717, 1.165) is 44.4 Å². The van der Waals surface area contributed by atoms with Gasteiger partial charge in [-0.2, -0.15) is 0 Å². The van der Waals surface area contributed by atoms with Gasteiger partial charge in [0, 0.05) is 19.3 Å². The Balaban J connectivity index is 4.32. The standard InChI is InChI=1S/C40H78O4/c1-5-9-13-15-16-17-18-19-24-30-36-40(43-38(41)34-28-21-14-10-6-2)44-39(42)35-29-23-20-22-27-33-37(31-25-11-7-3)32-26-12-8-4/h37,40H,5-36H2,1-4H3. The normalized spacial score (nSPS) is 12.1. The van der Waals surface area contributed by atoms with Crippen LogP contribution in [0, 0.1) is 5.92 Å². The summed E-state index contributed by atoms with van der Waals surface area (Å²) in [6, 6.07) is 0. The maximum atomic E-state index is 12.7. The lowest BCUT2D eigenvalue weighted by Gasteiger charge is -2.18. The number of rotatable bonds is 35. The first-order valence-electron chi connectivity index (χ1n) is 20.0. The number of unbranched alkanes of at least 4 members (excludes halogenated alkanes) is 21. The van der Waals surface area contributed by atoms with Crippen molar-refractivity contribution in [3.05, 3.63) is 0 Å². The van der Waals surface area contributed by atoms with Crippen molar-refractivity contribution in [3.8, 4) is 0 Å². The highest BCUT2D eigenvalue weighted by atomic mass is 16.7. The molecule has 0 aliphatic rings. The number of carbonyl (C=O) groups is 2. The van der Waals surface area contributed by atoms with Crippen molar-refractivity contribution >= 4 is 11.9 Å². The van der Waals surface area contributed by atoms with Crippen molar-refractivity contribution in [3.63, 3.8) is 0 Å². The van der Waals surface area contributed by atoms with Crippen molar-refractivity contribution in [2.75, 3.05) is 0 Å². The van der Waals surface area contributed by atoms with Crippen molar-refractivity contribution in [2.24, 2.45) is 5.92 Å². The van der Waals surface area contributed by atoms with Crippen LogP contribution in [0.2, 0.25) is 0 Å². The Morgan fingerprint density at radius 1 is 0.364 bits per heavy atom. The highest BCUT2D eigenvalue weighted by molar-refractivity contribution is 5.71. The molecule has 262 valence electrons. The molecule has 0 saturated carbocycles. The van der Waals surface area contributed by atoms with Gasteiger partial charge in [-0.05, 0) is 25.2 Å². The van der Waals surface area contributed by atoms with Gasteiger partial charge in [0.2, 0.25) is 6.29 Å². The SMILES string of the molecule is CCCCCCCCCCCCC(OC(=O)CCCCCCC)OC(=O)CCCCCCCC(CCCCC)CCCCC. The first kappa shape index (κ1) is 42.9. The molecule has 4 heteroatoms. The van der Waals surface area contributed by atoms with Gasteiger partial charge in [-0.15, -0.1) is 0 Å². The number of carbonyl (C=O) groups excluding carboxylic acids is 2. The van der Waals surface area contributed by atoms with E-state index in [1.54, 1.807) is 0 Å². The van der Waals surface area contributed by atoms with Crippen molar-refractivity contribution in [1.29, 1.82) is 0 Å². The second kappa shape index (κ2) is 34.8. The molecule has 0 spiro atoms. The zero-order chi connectivity index (χ0) is 32.4. The molecule has 0 aromatic heterocycles. The Kier molecular flexibility index (Phi) is 34.0. The number of hydrogen-bond acceptors (Lipinski definition) is 4. The quantitative estimate of drug-likeness (QED) is 0.0401. The lowest BCUT2D eigenvalue weighted by Crippen LogP contribution is -2.24. The van der Waals surface area contributed by atoms with E-state index in [1.807, 2.05) is 0 Å². The summed E-state index contributed by atoms with van der Waals surface area (Å²) in [5.74, 6) is 0.494. The van der Waals surface area contributed by atoms with Crippen molar-refractivity contribution < 1.29 is 19.1 Å². The van der Waals surface area contributed by atoms with E-state index >= 15 is 0 Å². The maximum Gasteiger partial charge on any atom is 0.308 e. The van der Waals surface area contributed by atoms with Gasteiger partial charge in [-0.25, -0.2) is 0 Å². The van der Waals surface area contributed by atoms with Gasteiger partial charge in [-0.1, -0.05) is 195 Å². The summed E-state index contributed by atoms with van der Waals surface area (Å²) in [5.41, 5.74) is 0. The number of ether oxygens (including phenoxy) is 2. The van der Waals surface area contributed by atoms with E-state index < -0.39 is 6.29 Å². The molecule has 1 atom stereocenters. The highest BCUT2D eigenvalue weighted by Gasteiger charge is 2.19. The predicted molar refractivity (Wildman–Crippen MR) is 190 cm³/mol. The molecule has 0 aromatic rings. The Labute approximate surface area is 276 Å². The molecule has 0 radical (unpaired) electrons. The monoisotopic (exact) mass is 623 g/mol. The Morgan fingerprint density at radius 3 is 1.02 bits per heavy atom. The average molecular weight is 623 g/mol. The summed E-state index contributed by atoms with van der Waals surface area (Å²) in [4.78, 5) is 25.2. The summed E-state index contributed by atoms with van der Waals surface area (Å²) < 4.78 is 11.4. The Morgan fingerprint density at radius 2 is 0.636 bits per heavy atom. The topological polar surface area (TPSA) is 52.6 Å². The first-order chi connectivity index (χ1) is 21.6. The second-order valence-electron chi connectivity index (χ2n) is 13.7. The van der Waals surface area contributed by atoms with E-state index in [9.17, 15) is 9.59 Å². The fourth-order valence-corrected chi connectivity index (χ4v) is 6.26. The molecule has 0 rings (SSSR count). The van der Waals surface area contributed by atoms with E-state index in [2.05, 4.69) is 27.7 Å². The molecule has 0 aliphatic heterocycles. The van der Waals surface area contributed by atoms with Gasteiger partial charge in [-0.3, -0.25) is 9.59 Å². The molecule has 44 heavy (non-hydrogen) atoms. The van der Waals surface area contributed by atoms with Crippen LogP contribution in [-0.2, 0) is 19.1 Å². The number of hydrogen-bond donors (Lipinski definition) is 0. The third-order valence-corrected chi connectivity index (χ3v) is 9.23. The first-order valence-corrected chi connectivity index (χ1v) is 20.0. The van der Waals surface area contributed by atoms with Crippen LogP contribution < -0.4 is 0 Å². The molecule has 0 aliphatic carbocycles. The van der Waals surface area contributed by atoms with Crippen molar-refractivity contribution in [1.82, 2.24) is 0 Å². The number of esters is 2. The lowest BCUT2D eigenvalue weighted by atomic mass is 9.90. The van der Waals surface area contributed by atoms with E-state index in [-0.39, 0.29) is 11.9 Å². The third kappa shape index (κ3) is 30.9. The summed E-state index contributed by atoms with van der Waals surface area (Å²) in [5, 5.41) is 0. The smallest absolute Gasteiger partial charge is 0.308 e. The van der Waals surface area contributed by atoms with Crippen LogP contribution in [0.3, 0.4) is 0 Å². The highest BCUT2D eigenvalue weighted by Crippen LogP contribution is 2.24. The molecule has 0 aromatic carbocycles. The molecule has 0 N–H and O–H groups in total. The molecule has 0 fully saturated rings. The minimum absolute atomic E-state index is 0.204. The summed E-state index contributed by atoms with van der Waals surface area (Å²) in [7, 11) is 0. The molecular formula is C40H78O4. The van der Waals surface area contributed by atoms with Crippen LogP contribution in [0.15, 0.2) is 0 Å². The maximum absolute atomic E-state index is 12.7. The van der Waals surface area contributed by atoms with Crippen LogP contribution >= 0.6 is 0 Å². The summed E-state index contributed by atoms with van der Waals surface area (Å²) in [6.07, 6.45) is 36.9. The Hall–Kier alpha value is -1.06. The molecular weight excluding hydrogens is 544 g/mol. The minimum Gasteiger partial charge on any atom is -0.425 e. The minimum atomic E-state index is -0.711. The van der Waals surface area contributed by atoms with Gasteiger partial charge < -0.3 is 9.47 Å². The van der Waals surface area contributed by atoms with Crippen LogP contribution in [0.25, 0.3) is 0 Å². The van der Waals surface area contributed by atoms with E-state index in [4.69, 9.17) is 9.47 Å². The van der Waals surface area contributed by atoms with Crippen LogP contribution in [-0.4, -0.2) is 18.2 Å². The molecule has 4 nitrogen and oxygen atoms in total. The van der Waals surface area contributed by atoms with Gasteiger partial charge >= 0.3 is 11.9 Å². The summed E-state index contributed by atoms with van der Waals surface area (Å²) in [6.45, 7) is 9.05. The van der Waals surface area contributed by atoms with Crippen molar-refractivity contribution in [2.45, 2.75) is 239 Å². The lowest BCUT2D eigenvalue weighted by molar-refractivity contribution is -0.189. The van der Waals surface area contributed by atoms with Gasteiger partial charge in [0.15, 0.2) is 0 Å². The van der Waals surface area contributed by atoms with E-state index in [0.29, 0.717) is 19.3 Å². The third-order valence-electron chi connectivity index (χ3n) is 9.23. The van der Waals surface area contributed by atoms with Gasteiger partial charge in [0.1, 0.15) is 0 Å². The fourth-order valence-electron chi connectivity index (χ4n) is 6.26.